The molecule has 2 aromatic rings. The monoisotopic (exact) mass is 411 g/mol. The maximum Gasteiger partial charge on any atom is 0.305 e. The number of esters is 1. The number of benzene rings is 1. The standard InChI is InChI=1S/C24H33N3O3/c1-16(2)14-15-26(20-10-11-20)24(29)19-6-8-21(9-7-19)27-18(4)22(17(3)25-27)12-13-23(28)30-5/h6-9,16,20H,10-15H2,1-5H3. The number of methoxy groups -OCH3 is 1. The second kappa shape index (κ2) is 9.45. The predicted octanol–water partition coefficient (Wildman–Crippen LogP) is 4.25. The van der Waals surface area contributed by atoms with Gasteiger partial charge in [0, 0.05) is 30.3 Å². The number of amides is 1. The molecule has 6 heteroatoms. The maximum atomic E-state index is 13.0. The third-order valence-corrected chi connectivity index (χ3v) is 5.80. The van der Waals surface area contributed by atoms with E-state index in [1.165, 1.54) is 7.11 Å². The molecule has 0 bridgehead atoms. The van der Waals surface area contributed by atoms with E-state index in [2.05, 4.69) is 18.9 Å². The van der Waals surface area contributed by atoms with Gasteiger partial charge in [-0.05, 0) is 75.3 Å². The van der Waals surface area contributed by atoms with Gasteiger partial charge in [-0.25, -0.2) is 4.68 Å². The summed E-state index contributed by atoms with van der Waals surface area (Å²) in [6.45, 7) is 9.17. The minimum absolute atomic E-state index is 0.122. The molecular formula is C24H33N3O3. The van der Waals surface area contributed by atoms with Crippen LogP contribution in [-0.2, 0) is 16.0 Å². The van der Waals surface area contributed by atoms with Gasteiger partial charge in [-0.2, -0.15) is 5.10 Å². The second-order valence-corrected chi connectivity index (χ2v) is 8.60. The Hall–Kier alpha value is -2.63. The van der Waals surface area contributed by atoms with Crippen LogP contribution in [0.5, 0.6) is 0 Å². The number of rotatable bonds is 9. The highest BCUT2D eigenvalue weighted by molar-refractivity contribution is 5.94. The smallest absolute Gasteiger partial charge is 0.305 e. The van der Waals surface area contributed by atoms with Crippen molar-refractivity contribution in [2.24, 2.45) is 5.92 Å². The molecule has 0 aliphatic heterocycles. The van der Waals surface area contributed by atoms with Crippen LogP contribution in [0.15, 0.2) is 24.3 Å². The molecule has 6 nitrogen and oxygen atoms in total. The van der Waals surface area contributed by atoms with E-state index in [9.17, 15) is 9.59 Å². The van der Waals surface area contributed by atoms with Crippen LogP contribution in [0.25, 0.3) is 5.69 Å². The zero-order valence-electron chi connectivity index (χ0n) is 18.8. The number of hydrogen-bond acceptors (Lipinski definition) is 4. The van der Waals surface area contributed by atoms with Crippen molar-refractivity contribution in [1.29, 1.82) is 0 Å². The van der Waals surface area contributed by atoms with E-state index in [0.29, 0.717) is 24.8 Å². The van der Waals surface area contributed by atoms with Crippen LogP contribution in [0.1, 0.15) is 66.8 Å². The van der Waals surface area contributed by atoms with Crippen molar-refractivity contribution in [3.63, 3.8) is 0 Å². The van der Waals surface area contributed by atoms with Gasteiger partial charge in [0.2, 0.25) is 0 Å². The Labute approximate surface area is 179 Å². The third kappa shape index (κ3) is 5.10. The maximum absolute atomic E-state index is 13.0. The van der Waals surface area contributed by atoms with Gasteiger partial charge in [0.1, 0.15) is 0 Å². The second-order valence-electron chi connectivity index (χ2n) is 8.60. The molecular weight excluding hydrogens is 378 g/mol. The Balaban J connectivity index is 1.75. The summed E-state index contributed by atoms with van der Waals surface area (Å²) < 4.78 is 6.63. The summed E-state index contributed by atoms with van der Waals surface area (Å²) in [6, 6.07) is 8.10. The lowest BCUT2D eigenvalue weighted by Gasteiger charge is -2.23. The average Bonchev–Trinajstić information content (AvgIpc) is 3.52. The first-order chi connectivity index (χ1) is 14.3. The van der Waals surface area contributed by atoms with Gasteiger partial charge in [0.05, 0.1) is 18.5 Å². The summed E-state index contributed by atoms with van der Waals surface area (Å²) in [5.41, 5.74) is 4.62. The number of aromatic nitrogens is 2. The van der Waals surface area contributed by atoms with Crippen LogP contribution in [0.3, 0.4) is 0 Å². The zero-order valence-corrected chi connectivity index (χ0v) is 18.8. The lowest BCUT2D eigenvalue weighted by Crippen LogP contribution is -2.34. The first kappa shape index (κ1) is 22.1. The van der Waals surface area contributed by atoms with Crippen LogP contribution >= 0.6 is 0 Å². The van der Waals surface area contributed by atoms with Crippen LogP contribution < -0.4 is 0 Å². The Kier molecular flexibility index (Phi) is 6.95. The Morgan fingerprint density at radius 3 is 2.43 bits per heavy atom. The number of carbonyl (C=O) groups is 2. The molecule has 0 saturated heterocycles. The normalized spacial score (nSPS) is 13.5. The van der Waals surface area contributed by atoms with E-state index in [4.69, 9.17) is 4.74 Å². The largest absolute Gasteiger partial charge is 0.469 e. The minimum Gasteiger partial charge on any atom is -0.469 e. The van der Waals surface area contributed by atoms with Crippen molar-refractivity contribution in [3.8, 4) is 5.69 Å². The molecule has 1 fully saturated rings. The Bertz CT molecular complexity index is 895. The van der Waals surface area contributed by atoms with Gasteiger partial charge in [-0.3, -0.25) is 9.59 Å². The van der Waals surface area contributed by atoms with Gasteiger partial charge in [0.15, 0.2) is 0 Å². The molecule has 0 atom stereocenters. The average molecular weight is 412 g/mol. The molecule has 0 unspecified atom stereocenters. The number of nitrogens with zero attached hydrogens (tertiary/aromatic N) is 3. The van der Waals surface area contributed by atoms with Crippen molar-refractivity contribution in [3.05, 3.63) is 46.8 Å². The molecule has 1 saturated carbocycles. The molecule has 1 aliphatic carbocycles. The third-order valence-electron chi connectivity index (χ3n) is 5.80. The van der Waals surface area contributed by atoms with Gasteiger partial charge in [-0.1, -0.05) is 13.8 Å². The number of carbonyl (C=O) groups excluding carboxylic acids is 2. The molecule has 30 heavy (non-hydrogen) atoms. The summed E-state index contributed by atoms with van der Waals surface area (Å²) in [5.74, 6) is 0.486. The lowest BCUT2D eigenvalue weighted by atomic mass is 10.1. The highest BCUT2D eigenvalue weighted by Gasteiger charge is 2.32. The van der Waals surface area contributed by atoms with Crippen molar-refractivity contribution in [1.82, 2.24) is 14.7 Å². The molecule has 1 amide bonds. The van der Waals surface area contributed by atoms with Crippen molar-refractivity contribution >= 4 is 11.9 Å². The van der Waals surface area contributed by atoms with Crippen LogP contribution in [0.2, 0.25) is 0 Å². The number of ether oxygens (including phenoxy) is 1. The Morgan fingerprint density at radius 1 is 1.20 bits per heavy atom. The number of hydrogen-bond donors (Lipinski definition) is 0. The van der Waals surface area contributed by atoms with E-state index in [-0.39, 0.29) is 11.9 Å². The van der Waals surface area contributed by atoms with Gasteiger partial charge in [0.25, 0.3) is 5.91 Å². The SMILES string of the molecule is COC(=O)CCc1c(C)nn(-c2ccc(C(=O)N(CCC(C)C)C3CC3)cc2)c1C. The van der Waals surface area contributed by atoms with Gasteiger partial charge < -0.3 is 9.64 Å². The van der Waals surface area contributed by atoms with Crippen molar-refractivity contribution in [2.45, 2.75) is 65.8 Å². The van der Waals surface area contributed by atoms with Crippen LogP contribution in [-0.4, -0.2) is 46.3 Å². The summed E-state index contributed by atoms with van der Waals surface area (Å²) >= 11 is 0. The molecule has 0 N–H and O–H groups in total. The van der Waals surface area contributed by atoms with Crippen LogP contribution in [0.4, 0.5) is 0 Å². The fourth-order valence-electron chi connectivity index (χ4n) is 3.76. The van der Waals surface area contributed by atoms with E-state index >= 15 is 0 Å². The molecule has 1 heterocycles. The fraction of sp³-hybridized carbons (Fsp3) is 0.542. The number of aryl methyl sites for hydroxylation is 1. The highest BCUT2D eigenvalue weighted by Crippen LogP contribution is 2.29. The van der Waals surface area contributed by atoms with Crippen molar-refractivity contribution < 1.29 is 14.3 Å². The summed E-state index contributed by atoms with van der Waals surface area (Å²) in [6.07, 6.45) is 4.20. The van der Waals surface area contributed by atoms with Gasteiger partial charge >= 0.3 is 5.97 Å². The molecule has 1 aliphatic rings. The van der Waals surface area contributed by atoms with E-state index < -0.39 is 0 Å². The molecule has 162 valence electrons. The first-order valence-electron chi connectivity index (χ1n) is 10.8. The molecule has 1 aromatic heterocycles. The molecule has 3 rings (SSSR count). The molecule has 1 aromatic carbocycles. The van der Waals surface area contributed by atoms with E-state index in [1.807, 2.05) is 47.7 Å². The minimum atomic E-state index is -0.220. The summed E-state index contributed by atoms with van der Waals surface area (Å²) in [4.78, 5) is 26.6. The fourth-order valence-corrected chi connectivity index (χ4v) is 3.76. The first-order valence-corrected chi connectivity index (χ1v) is 10.8. The highest BCUT2D eigenvalue weighted by atomic mass is 16.5. The quantitative estimate of drug-likeness (QED) is 0.579. The topological polar surface area (TPSA) is 64.4 Å². The summed E-state index contributed by atoms with van der Waals surface area (Å²) in [7, 11) is 1.40. The Morgan fingerprint density at radius 2 is 1.87 bits per heavy atom. The predicted molar refractivity (Wildman–Crippen MR) is 117 cm³/mol. The van der Waals surface area contributed by atoms with E-state index in [1.54, 1.807) is 0 Å². The van der Waals surface area contributed by atoms with Crippen LogP contribution in [0, 0.1) is 19.8 Å². The summed E-state index contributed by atoms with van der Waals surface area (Å²) in [5, 5.41) is 4.65. The van der Waals surface area contributed by atoms with E-state index in [0.717, 1.165) is 54.0 Å². The molecule has 0 radical (unpaired) electrons. The lowest BCUT2D eigenvalue weighted by molar-refractivity contribution is -0.140. The van der Waals surface area contributed by atoms with Gasteiger partial charge in [-0.15, -0.1) is 0 Å². The zero-order chi connectivity index (χ0) is 21.8. The van der Waals surface area contributed by atoms with Crippen molar-refractivity contribution in [2.75, 3.05) is 13.7 Å². The molecule has 0 spiro atoms.